The van der Waals surface area contributed by atoms with E-state index < -0.39 is 4.92 Å². The van der Waals surface area contributed by atoms with E-state index in [0.29, 0.717) is 12.2 Å². The molecule has 0 atom stereocenters. The van der Waals surface area contributed by atoms with Crippen LogP contribution in [0, 0.1) is 16.0 Å². The lowest BCUT2D eigenvalue weighted by Crippen LogP contribution is -2.03. The molecule has 0 N–H and O–H groups in total. The second-order valence-corrected chi connectivity index (χ2v) is 4.58. The van der Waals surface area contributed by atoms with Crippen molar-refractivity contribution >= 4 is 11.5 Å². The van der Waals surface area contributed by atoms with Gasteiger partial charge in [0.2, 0.25) is 0 Å². The predicted octanol–water partition coefficient (Wildman–Crippen LogP) is 2.98. The summed E-state index contributed by atoms with van der Waals surface area (Å²) in [6.07, 6.45) is 3.40. The van der Waals surface area contributed by atoms with Gasteiger partial charge >= 0.3 is 5.69 Å². The van der Waals surface area contributed by atoms with Gasteiger partial charge in [0.15, 0.2) is 11.5 Å². The van der Waals surface area contributed by atoms with Gasteiger partial charge in [-0.05, 0) is 31.4 Å². The SMILES string of the molecule is CC(=O)c1ccc(OCCC2CC2)c([N+](=O)[O-])c1. The number of hydrogen-bond donors (Lipinski definition) is 0. The van der Waals surface area contributed by atoms with E-state index in [1.54, 1.807) is 6.07 Å². The van der Waals surface area contributed by atoms with E-state index in [2.05, 4.69) is 0 Å². The molecule has 0 unspecified atom stereocenters. The van der Waals surface area contributed by atoms with Crippen molar-refractivity contribution in [1.82, 2.24) is 0 Å². The normalized spacial score (nSPS) is 14.3. The number of ether oxygens (including phenoxy) is 1. The molecule has 1 saturated carbocycles. The highest BCUT2D eigenvalue weighted by Gasteiger charge is 2.22. The maximum atomic E-state index is 11.2. The molecule has 1 aliphatic carbocycles. The molecule has 0 amide bonds. The quantitative estimate of drug-likeness (QED) is 0.441. The maximum absolute atomic E-state index is 11.2. The lowest BCUT2D eigenvalue weighted by Gasteiger charge is -2.07. The lowest BCUT2D eigenvalue weighted by molar-refractivity contribution is -0.385. The summed E-state index contributed by atoms with van der Waals surface area (Å²) in [7, 11) is 0. The second kappa shape index (κ2) is 5.16. The fourth-order valence-corrected chi connectivity index (χ4v) is 1.74. The van der Waals surface area contributed by atoms with Crippen LogP contribution in [0.1, 0.15) is 36.5 Å². The van der Waals surface area contributed by atoms with Crippen LogP contribution in [-0.4, -0.2) is 17.3 Å². The van der Waals surface area contributed by atoms with Gasteiger partial charge in [-0.1, -0.05) is 12.8 Å². The zero-order chi connectivity index (χ0) is 13.1. The molecular formula is C13H15NO4. The first-order valence-electron chi connectivity index (χ1n) is 6.00. The number of ketones is 1. The third-order valence-electron chi connectivity index (χ3n) is 3.04. The van der Waals surface area contributed by atoms with Gasteiger partial charge in [0, 0.05) is 11.6 Å². The Morgan fingerprint density at radius 2 is 2.22 bits per heavy atom. The molecule has 96 valence electrons. The molecule has 5 nitrogen and oxygen atoms in total. The van der Waals surface area contributed by atoms with Crippen molar-refractivity contribution in [3.05, 3.63) is 33.9 Å². The van der Waals surface area contributed by atoms with Crippen LogP contribution in [0.5, 0.6) is 5.75 Å². The van der Waals surface area contributed by atoms with E-state index in [1.165, 1.54) is 31.9 Å². The second-order valence-electron chi connectivity index (χ2n) is 4.58. The third kappa shape index (κ3) is 3.06. The van der Waals surface area contributed by atoms with Crippen LogP contribution in [0.4, 0.5) is 5.69 Å². The Morgan fingerprint density at radius 1 is 1.50 bits per heavy atom. The highest BCUT2D eigenvalue weighted by molar-refractivity contribution is 5.95. The Morgan fingerprint density at radius 3 is 2.78 bits per heavy atom. The van der Waals surface area contributed by atoms with E-state index >= 15 is 0 Å². The molecule has 18 heavy (non-hydrogen) atoms. The fraction of sp³-hybridized carbons (Fsp3) is 0.462. The molecule has 0 spiro atoms. The number of Topliss-reactive ketones (excluding diaryl/α,β-unsaturated/α-hetero) is 1. The minimum atomic E-state index is -0.515. The van der Waals surface area contributed by atoms with Crippen molar-refractivity contribution < 1.29 is 14.5 Å². The number of carbonyl (C=O) groups is 1. The predicted molar refractivity (Wildman–Crippen MR) is 65.9 cm³/mol. The van der Waals surface area contributed by atoms with Crippen molar-refractivity contribution in [2.24, 2.45) is 5.92 Å². The summed E-state index contributed by atoms with van der Waals surface area (Å²) in [6, 6.07) is 4.33. The Hall–Kier alpha value is -1.91. The number of rotatable bonds is 6. The van der Waals surface area contributed by atoms with Crippen molar-refractivity contribution in [2.75, 3.05) is 6.61 Å². The largest absolute Gasteiger partial charge is 0.487 e. The number of nitrogens with zero attached hydrogens (tertiary/aromatic N) is 1. The number of hydrogen-bond acceptors (Lipinski definition) is 4. The molecule has 1 aromatic rings. The van der Waals surface area contributed by atoms with Crippen molar-refractivity contribution in [1.29, 1.82) is 0 Å². The van der Waals surface area contributed by atoms with Crippen LogP contribution in [0.3, 0.4) is 0 Å². The molecular weight excluding hydrogens is 234 g/mol. The standard InChI is InChI=1S/C13H15NO4/c1-9(15)11-4-5-13(12(8-11)14(16)17)18-7-6-10-2-3-10/h4-5,8,10H,2-3,6-7H2,1H3. The van der Waals surface area contributed by atoms with Gasteiger partial charge in [-0.25, -0.2) is 0 Å². The zero-order valence-electron chi connectivity index (χ0n) is 10.2. The summed E-state index contributed by atoms with van der Waals surface area (Å²) in [5, 5.41) is 10.9. The van der Waals surface area contributed by atoms with Crippen LogP contribution in [0.25, 0.3) is 0 Å². The lowest BCUT2D eigenvalue weighted by atomic mass is 10.1. The van der Waals surface area contributed by atoms with E-state index in [9.17, 15) is 14.9 Å². The highest BCUT2D eigenvalue weighted by Crippen LogP contribution is 2.33. The average molecular weight is 249 g/mol. The van der Waals surface area contributed by atoms with Gasteiger partial charge in [-0.2, -0.15) is 0 Å². The van der Waals surface area contributed by atoms with E-state index in [1.807, 2.05) is 0 Å². The van der Waals surface area contributed by atoms with Crippen molar-refractivity contribution in [3.8, 4) is 5.75 Å². The summed E-state index contributed by atoms with van der Waals surface area (Å²) >= 11 is 0. The molecule has 5 heteroatoms. The summed E-state index contributed by atoms with van der Waals surface area (Å²) in [4.78, 5) is 21.6. The van der Waals surface area contributed by atoms with Gasteiger partial charge in [0.1, 0.15) is 0 Å². The summed E-state index contributed by atoms with van der Waals surface area (Å²) < 4.78 is 5.43. The van der Waals surface area contributed by atoms with E-state index in [0.717, 1.165) is 12.3 Å². The topological polar surface area (TPSA) is 69.4 Å². The molecule has 0 saturated heterocycles. The number of benzene rings is 1. The number of nitro benzene ring substituents is 1. The Bertz CT molecular complexity index is 480. The molecule has 0 radical (unpaired) electrons. The van der Waals surface area contributed by atoms with Crippen molar-refractivity contribution in [2.45, 2.75) is 26.2 Å². The van der Waals surface area contributed by atoms with Crippen LogP contribution in [-0.2, 0) is 0 Å². The fourth-order valence-electron chi connectivity index (χ4n) is 1.74. The van der Waals surface area contributed by atoms with Gasteiger partial charge < -0.3 is 4.74 Å². The smallest absolute Gasteiger partial charge is 0.311 e. The summed E-state index contributed by atoms with van der Waals surface area (Å²) in [6.45, 7) is 1.87. The van der Waals surface area contributed by atoms with Gasteiger partial charge in [-0.3, -0.25) is 14.9 Å². The Labute approximate surface area is 105 Å². The van der Waals surface area contributed by atoms with Gasteiger partial charge in [0.05, 0.1) is 11.5 Å². The molecule has 0 bridgehead atoms. The minimum absolute atomic E-state index is 0.140. The molecule has 1 fully saturated rings. The Balaban J connectivity index is 2.11. The Kier molecular flexibility index (Phi) is 3.60. The first kappa shape index (κ1) is 12.5. The number of nitro groups is 1. The third-order valence-corrected chi connectivity index (χ3v) is 3.04. The molecule has 0 heterocycles. The van der Waals surface area contributed by atoms with Crippen LogP contribution in [0.15, 0.2) is 18.2 Å². The highest BCUT2D eigenvalue weighted by atomic mass is 16.6. The minimum Gasteiger partial charge on any atom is -0.487 e. The number of carbonyl (C=O) groups excluding carboxylic acids is 1. The van der Waals surface area contributed by atoms with Crippen LogP contribution in [0.2, 0.25) is 0 Å². The molecule has 1 aromatic carbocycles. The summed E-state index contributed by atoms with van der Waals surface area (Å²) in [5.74, 6) is 0.772. The van der Waals surface area contributed by atoms with E-state index in [-0.39, 0.29) is 17.2 Å². The molecule has 0 aliphatic heterocycles. The average Bonchev–Trinajstić information content (AvgIpc) is 3.13. The van der Waals surface area contributed by atoms with Gasteiger partial charge in [-0.15, -0.1) is 0 Å². The monoisotopic (exact) mass is 249 g/mol. The molecule has 1 aliphatic rings. The van der Waals surface area contributed by atoms with Crippen LogP contribution < -0.4 is 4.74 Å². The molecule has 2 rings (SSSR count). The van der Waals surface area contributed by atoms with Gasteiger partial charge in [0.25, 0.3) is 0 Å². The van der Waals surface area contributed by atoms with Crippen molar-refractivity contribution in [3.63, 3.8) is 0 Å². The summed E-state index contributed by atoms with van der Waals surface area (Å²) in [5.41, 5.74) is 0.190. The first-order chi connectivity index (χ1) is 8.58. The zero-order valence-corrected chi connectivity index (χ0v) is 10.2. The first-order valence-corrected chi connectivity index (χ1v) is 6.00. The van der Waals surface area contributed by atoms with Crippen LogP contribution >= 0.6 is 0 Å². The molecule has 0 aromatic heterocycles. The maximum Gasteiger partial charge on any atom is 0.311 e. The van der Waals surface area contributed by atoms with E-state index in [4.69, 9.17) is 4.74 Å².